The van der Waals surface area contributed by atoms with Gasteiger partial charge in [0, 0.05) is 9.11 Å². The summed E-state index contributed by atoms with van der Waals surface area (Å²) >= 11 is 0. The van der Waals surface area contributed by atoms with Crippen molar-refractivity contribution in [1.82, 2.24) is 0 Å². The molecule has 3 heteroatoms. The molecule has 0 rings (SSSR count). The summed E-state index contributed by atoms with van der Waals surface area (Å²) in [6, 6.07) is 0. The summed E-state index contributed by atoms with van der Waals surface area (Å²) in [5, 5.41) is 0. The lowest BCUT2D eigenvalue weighted by molar-refractivity contribution is -0.152. The zero-order chi connectivity index (χ0) is 9.50. The molecule has 0 aromatic rings. The van der Waals surface area contributed by atoms with Crippen LogP contribution in [0.4, 0.5) is 13.2 Å². The van der Waals surface area contributed by atoms with Gasteiger partial charge in [0.05, 0.1) is 0 Å². The monoisotopic (exact) mass is 142 g/mol. The zero-order valence-electron chi connectivity index (χ0n) is 7.63. The molecule has 0 aliphatic rings. The van der Waals surface area contributed by atoms with E-state index in [1.807, 2.05) is 0 Å². The molecule has 0 atom stereocenters. The molecule has 0 aromatic carbocycles. The molecule has 9 heavy (non-hydrogen) atoms. The Morgan fingerprint density at radius 1 is 1.22 bits per heavy atom. The van der Waals surface area contributed by atoms with Crippen molar-refractivity contribution >= 4 is 0 Å². The maximum atomic E-state index is 12.0. The highest BCUT2D eigenvalue weighted by Crippen LogP contribution is 2.31. The average molecular weight is 142 g/mol. The standard InChI is InChI=1S/C6H11F3/c1-5(2,3)4-6(7,8)9/h4H2,1-3H3/i4D2. The first-order valence-electron chi connectivity index (χ1n) is 3.57. The Balaban J connectivity index is 4.75. The van der Waals surface area contributed by atoms with E-state index in [4.69, 9.17) is 2.74 Å². The molecule has 0 heterocycles. The van der Waals surface area contributed by atoms with Crippen molar-refractivity contribution in [1.29, 1.82) is 0 Å². The normalized spacial score (nSPS) is 18.9. The summed E-state index contributed by atoms with van der Waals surface area (Å²) in [5.74, 6) is 0. The predicted octanol–water partition coefficient (Wildman–Crippen LogP) is 2.98. The van der Waals surface area contributed by atoms with Crippen molar-refractivity contribution in [2.75, 3.05) is 0 Å². The molecule has 0 aromatic heterocycles. The maximum absolute atomic E-state index is 12.0. The molecule has 0 unspecified atom stereocenters. The highest BCUT2D eigenvalue weighted by molar-refractivity contribution is 4.66. The zero-order valence-corrected chi connectivity index (χ0v) is 5.63. The van der Waals surface area contributed by atoms with Crippen molar-refractivity contribution < 1.29 is 15.9 Å². The molecule has 0 spiro atoms. The van der Waals surface area contributed by atoms with E-state index in [1.54, 1.807) is 0 Å². The number of hydrogen-bond acceptors (Lipinski definition) is 0. The van der Waals surface area contributed by atoms with E-state index in [-0.39, 0.29) is 0 Å². The van der Waals surface area contributed by atoms with Crippen LogP contribution in [0, 0.1) is 5.41 Å². The van der Waals surface area contributed by atoms with Crippen molar-refractivity contribution in [2.45, 2.75) is 33.3 Å². The van der Waals surface area contributed by atoms with Crippen LogP contribution in [0.15, 0.2) is 0 Å². The first-order chi connectivity index (χ1) is 4.50. The van der Waals surface area contributed by atoms with Crippen LogP contribution in [0.25, 0.3) is 0 Å². The van der Waals surface area contributed by atoms with Gasteiger partial charge in [0.1, 0.15) is 0 Å². The van der Waals surface area contributed by atoms with Crippen LogP contribution in [0.5, 0.6) is 0 Å². The van der Waals surface area contributed by atoms with E-state index in [1.165, 1.54) is 20.8 Å². The van der Waals surface area contributed by atoms with Crippen LogP contribution in [0.2, 0.25) is 0 Å². The second-order valence-corrected chi connectivity index (χ2v) is 2.87. The van der Waals surface area contributed by atoms with Crippen LogP contribution >= 0.6 is 0 Å². The van der Waals surface area contributed by atoms with Gasteiger partial charge < -0.3 is 0 Å². The van der Waals surface area contributed by atoms with Crippen LogP contribution in [-0.4, -0.2) is 6.18 Å². The average Bonchev–Trinajstić information content (AvgIpc) is 1.58. The van der Waals surface area contributed by atoms with Crippen molar-refractivity contribution in [3.63, 3.8) is 0 Å². The lowest BCUT2D eigenvalue weighted by Crippen LogP contribution is -2.18. The third-order valence-electron chi connectivity index (χ3n) is 0.517. The minimum absolute atomic E-state index is 1.22. The largest absolute Gasteiger partial charge is 0.389 e. The van der Waals surface area contributed by atoms with E-state index < -0.39 is 18.0 Å². The van der Waals surface area contributed by atoms with Gasteiger partial charge in [-0.25, -0.2) is 0 Å². The Hall–Kier alpha value is -0.210. The third kappa shape index (κ3) is 7.79. The van der Waals surface area contributed by atoms with Crippen molar-refractivity contribution in [2.24, 2.45) is 5.41 Å². The molecule has 0 saturated carbocycles. The van der Waals surface area contributed by atoms with Gasteiger partial charge >= 0.3 is 6.18 Å². The van der Waals surface area contributed by atoms with Gasteiger partial charge in [-0.3, -0.25) is 0 Å². The molecule has 0 aliphatic heterocycles. The van der Waals surface area contributed by atoms with Gasteiger partial charge in [0.25, 0.3) is 0 Å². The minimum Gasteiger partial charge on any atom is -0.171 e. The van der Waals surface area contributed by atoms with Crippen LogP contribution in [-0.2, 0) is 0 Å². The summed E-state index contributed by atoms with van der Waals surface area (Å²) < 4.78 is 49.4. The number of halogens is 3. The molecule has 0 amide bonds. The molecular formula is C6H11F3. The second kappa shape index (κ2) is 2.20. The lowest BCUT2D eigenvalue weighted by atomic mass is 9.92. The highest BCUT2D eigenvalue weighted by Gasteiger charge is 2.33. The summed E-state index contributed by atoms with van der Waals surface area (Å²) in [5.41, 5.74) is -1.41. The van der Waals surface area contributed by atoms with Crippen LogP contribution in [0.1, 0.15) is 29.9 Å². The highest BCUT2D eigenvalue weighted by atomic mass is 19.4. The first-order valence-corrected chi connectivity index (χ1v) is 2.57. The van der Waals surface area contributed by atoms with Crippen molar-refractivity contribution in [3.8, 4) is 0 Å². The quantitative estimate of drug-likeness (QED) is 0.487. The summed E-state index contributed by atoms with van der Waals surface area (Å²) in [7, 11) is 0. The molecule has 0 fully saturated rings. The second-order valence-electron chi connectivity index (χ2n) is 2.87. The molecule has 0 aliphatic carbocycles. The molecule has 0 nitrogen and oxygen atoms in total. The van der Waals surface area contributed by atoms with Gasteiger partial charge in [0.15, 0.2) is 0 Å². The minimum atomic E-state index is -4.79. The molecule has 0 radical (unpaired) electrons. The Morgan fingerprint density at radius 3 is 1.56 bits per heavy atom. The third-order valence-corrected chi connectivity index (χ3v) is 0.517. The van der Waals surface area contributed by atoms with E-state index in [9.17, 15) is 13.2 Å². The van der Waals surface area contributed by atoms with Gasteiger partial charge in [-0.1, -0.05) is 20.8 Å². The lowest BCUT2D eigenvalue weighted by Gasteiger charge is -2.19. The van der Waals surface area contributed by atoms with Gasteiger partial charge in [-0.15, -0.1) is 0 Å². The SMILES string of the molecule is [2H]C([2H])(C(C)(C)C)C(F)(F)F. The van der Waals surface area contributed by atoms with Gasteiger partial charge in [0.2, 0.25) is 0 Å². The molecular weight excluding hydrogens is 129 g/mol. The number of alkyl halides is 3. The molecule has 0 saturated heterocycles. The number of hydrogen-bond donors (Lipinski definition) is 0. The summed E-state index contributed by atoms with van der Waals surface area (Å²) in [4.78, 5) is 0. The topological polar surface area (TPSA) is 0 Å². The van der Waals surface area contributed by atoms with E-state index in [2.05, 4.69) is 0 Å². The smallest absolute Gasteiger partial charge is 0.171 e. The van der Waals surface area contributed by atoms with E-state index in [0.29, 0.717) is 0 Å². The van der Waals surface area contributed by atoms with Gasteiger partial charge in [-0.05, 0) is 5.41 Å². The predicted molar refractivity (Wildman–Crippen MR) is 30.1 cm³/mol. The molecule has 56 valence electrons. The fraction of sp³-hybridized carbons (Fsp3) is 1.00. The molecule has 0 bridgehead atoms. The number of rotatable bonds is 0. The van der Waals surface area contributed by atoms with E-state index >= 15 is 0 Å². The van der Waals surface area contributed by atoms with Gasteiger partial charge in [-0.2, -0.15) is 13.2 Å². The Bertz CT molecular complexity index is 127. The summed E-state index contributed by atoms with van der Waals surface area (Å²) in [6.07, 6.45) is -7.91. The van der Waals surface area contributed by atoms with Crippen molar-refractivity contribution in [3.05, 3.63) is 0 Å². The Labute approximate surface area is 55.9 Å². The van der Waals surface area contributed by atoms with E-state index in [0.717, 1.165) is 0 Å². The Morgan fingerprint density at radius 2 is 1.56 bits per heavy atom. The van der Waals surface area contributed by atoms with Crippen LogP contribution in [0.3, 0.4) is 0 Å². The fourth-order valence-corrected chi connectivity index (χ4v) is 0.425. The molecule has 0 N–H and O–H groups in total. The summed E-state index contributed by atoms with van der Waals surface area (Å²) in [6.45, 7) is 3.67. The first kappa shape index (κ1) is 5.57. The fourth-order valence-electron chi connectivity index (χ4n) is 0.425. The van der Waals surface area contributed by atoms with Crippen LogP contribution < -0.4 is 0 Å². The Kier molecular flexibility index (Phi) is 1.36. The maximum Gasteiger partial charge on any atom is 0.389 e.